The van der Waals surface area contributed by atoms with Crippen molar-refractivity contribution in [2.75, 3.05) is 5.32 Å². The molecule has 0 amide bonds. The summed E-state index contributed by atoms with van der Waals surface area (Å²) in [6.07, 6.45) is 3.24. The number of hydrogen-bond acceptors (Lipinski definition) is 6. The molecule has 0 saturated heterocycles. The molecule has 4 aromatic rings. The van der Waals surface area contributed by atoms with Gasteiger partial charge in [0.25, 0.3) is 0 Å². The number of benzene rings is 1. The lowest BCUT2D eigenvalue weighted by Gasteiger charge is -2.08. The highest BCUT2D eigenvalue weighted by atomic mass is 35.5. The van der Waals surface area contributed by atoms with Gasteiger partial charge in [-0.1, -0.05) is 11.6 Å². The number of thiophene rings is 1. The van der Waals surface area contributed by atoms with Crippen LogP contribution in [0.1, 0.15) is 0 Å². The maximum Gasteiger partial charge on any atom is 0.152 e. The van der Waals surface area contributed by atoms with Gasteiger partial charge in [0.05, 0.1) is 15.9 Å². The molecule has 0 spiro atoms. The van der Waals surface area contributed by atoms with Crippen molar-refractivity contribution in [3.05, 3.63) is 47.9 Å². The summed E-state index contributed by atoms with van der Waals surface area (Å²) in [4.78, 5) is 13.9. The summed E-state index contributed by atoms with van der Waals surface area (Å²) in [5.74, 6) is 0.723. The molecule has 22 heavy (non-hydrogen) atoms. The van der Waals surface area contributed by atoms with Crippen LogP contribution in [-0.4, -0.2) is 20.1 Å². The van der Waals surface area contributed by atoms with E-state index in [1.807, 2.05) is 12.1 Å². The number of aromatic hydroxyl groups is 1. The van der Waals surface area contributed by atoms with E-state index in [0.29, 0.717) is 16.5 Å². The second kappa shape index (κ2) is 5.08. The largest absolute Gasteiger partial charge is 0.506 e. The first kappa shape index (κ1) is 13.2. The van der Waals surface area contributed by atoms with Crippen LogP contribution in [0.2, 0.25) is 5.02 Å². The molecule has 0 unspecified atom stereocenters. The molecule has 0 aliphatic rings. The fraction of sp³-hybridized carbons (Fsp3) is 0. The molecule has 5 nitrogen and oxygen atoms in total. The first-order valence-corrected chi connectivity index (χ1v) is 7.65. The van der Waals surface area contributed by atoms with Gasteiger partial charge in [-0.25, -0.2) is 15.0 Å². The zero-order chi connectivity index (χ0) is 15.1. The lowest BCUT2D eigenvalue weighted by atomic mass is 10.2. The van der Waals surface area contributed by atoms with Gasteiger partial charge in [0.15, 0.2) is 5.82 Å². The molecule has 4 rings (SSSR count). The predicted molar refractivity (Wildman–Crippen MR) is 89.1 cm³/mol. The lowest BCUT2D eigenvalue weighted by molar-refractivity contribution is 0.478. The smallest absolute Gasteiger partial charge is 0.152 e. The molecule has 3 heterocycles. The van der Waals surface area contributed by atoms with E-state index in [4.69, 9.17) is 11.6 Å². The van der Waals surface area contributed by atoms with Crippen molar-refractivity contribution in [3.63, 3.8) is 0 Å². The molecule has 108 valence electrons. The summed E-state index contributed by atoms with van der Waals surface area (Å²) in [6.45, 7) is 0. The third-order valence-corrected chi connectivity index (χ3v) is 4.59. The number of nitrogens with one attached hydrogen (secondary N) is 1. The Morgan fingerprint density at radius 3 is 2.95 bits per heavy atom. The SMILES string of the molecule is Oc1ccc(Cl)cc1Nc1ncnc2c1sc1ncccc12. The van der Waals surface area contributed by atoms with Gasteiger partial charge in [-0.05, 0) is 30.3 Å². The molecule has 0 atom stereocenters. The summed E-state index contributed by atoms with van der Waals surface area (Å²) in [5.41, 5.74) is 1.34. The highest BCUT2D eigenvalue weighted by Gasteiger charge is 2.13. The number of phenolic OH excluding ortho intramolecular Hbond substituents is 1. The van der Waals surface area contributed by atoms with E-state index >= 15 is 0 Å². The number of halogens is 1. The number of nitrogens with zero attached hydrogens (tertiary/aromatic N) is 3. The summed E-state index contributed by atoms with van der Waals surface area (Å²) in [6, 6.07) is 8.67. The molecule has 0 saturated carbocycles. The van der Waals surface area contributed by atoms with Gasteiger partial charge in [-0.2, -0.15) is 0 Å². The first-order chi connectivity index (χ1) is 10.7. The Balaban J connectivity index is 1.90. The van der Waals surface area contributed by atoms with Crippen molar-refractivity contribution in [2.45, 2.75) is 0 Å². The Labute approximate surface area is 134 Å². The Hall–Kier alpha value is -2.44. The first-order valence-electron chi connectivity index (χ1n) is 6.46. The average molecular weight is 329 g/mol. The summed E-state index contributed by atoms with van der Waals surface area (Å²) in [7, 11) is 0. The van der Waals surface area contributed by atoms with E-state index in [-0.39, 0.29) is 5.75 Å². The van der Waals surface area contributed by atoms with Crippen LogP contribution in [0.3, 0.4) is 0 Å². The highest BCUT2D eigenvalue weighted by molar-refractivity contribution is 7.25. The number of aromatic nitrogens is 3. The molecule has 0 aliphatic heterocycles. The van der Waals surface area contributed by atoms with Crippen LogP contribution in [0.4, 0.5) is 11.5 Å². The molecule has 0 fully saturated rings. The average Bonchev–Trinajstić information content (AvgIpc) is 2.91. The maximum atomic E-state index is 9.93. The van der Waals surface area contributed by atoms with Gasteiger partial charge in [-0.15, -0.1) is 11.3 Å². The molecule has 0 bridgehead atoms. The van der Waals surface area contributed by atoms with Crippen LogP contribution in [-0.2, 0) is 0 Å². The van der Waals surface area contributed by atoms with Crippen molar-refractivity contribution < 1.29 is 5.11 Å². The van der Waals surface area contributed by atoms with Crippen molar-refractivity contribution >= 4 is 54.9 Å². The fourth-order valence-electron chi connectivity index (χ4n) is 2.24. The molecule has 3 aromatic heterocycles. The second-order valence-electron chi connectivity index (χ2n) is 4.64. The fourth-order valence-corrected chi connectivity index (χ4v) is 3.45. The number of anilines is 2. The van der Waals surface area contributed by atoms with E-state index in [0.717, 1.165) is 20.4 Å². The van der Waals surface area contributed by atoms with Crippen molar-refractivity contribution in [3.8, 4) is 5.75 Å². The number of phenols is 1. The standard InChI is InChI=1S/C15H9ClN4OS/c16-8-3-4-11(21)10(6-8)20-14-13-12(18-7-19-14)9-2-1-5-17-15(9)22-13/h1-7,21H,(H,18,19,20). The van der Waals surface area contributed by atoms with E-state index in [1.54, 1.807) is 18.3 Å². The molecule has 1 aromatic carbocycles. The highest BCUT2D eigenvalue weighted by Crippen LogP contribution is 2.37. The Morgan fingerprint density at radius 2 is 2.05 bits per heavy atom. The van der Waals surface area contributed by atoms with Gasteiger partial charge < -0.3 is 10.4 Å². The monoisotopic (exact) mass is 328 g/mol. The quantitative estimate of drug-likeness (QED) is 0.535. The van der Waals surface area contributed by atoms with Crippen LogP contribution in [0.5, 0.6) is 5.75 Å². The molecule has 2 N–H and O–H groups in total. The Morgan fingerprint density at radius 1 is 1.14 bits per heavy atom. The van der Waals surface area contributed by atoms with E-state index < -0.39 is 0 Å². The molecule has 0 aliphatic carbocycles. The maximum absolute atomic E-state index is 9.93. The molecule has 0 radical (unpaired) electrons. The zero-order valence-corrected chi connectivity index (χ0v) is 12.7. The number of pyridine rings is 1. The summed E-state index contributed by atoms with van der Waals surface area (Å²) in [5, 5.41) is 14.6. The summed E-state index contributed by atoms with van der Waals surface area (Å²) >= 11 is 7.48. The van der Waals surface area contributed by atoms with E-state index in [9.17, 15) is 5.11 Å². The van der Waals surface area contributed by atoms with Crippen LogP contribution in [0, 0.1) is 0 Å². The van der Waals surface area contributed by atoms with Gasteiger partial charge in [0, 0.05) is 16.6 Å². The Kier molecular flexibility index (Phi) is 3.06. The van der Waals surface area contributed by atoms with Crippen molar-refractivity contribution in [1.82, 2.24) is 15.0 Å². The summed E-state index contributed by atoms with van der Waals surface area (Å²) < 4.78 is 0.885. The third kappa shape index (κ3) is 2.13. The normalized spacial score (nSPS) is 11.1. The predicted octanol–water partition coefficient (Wildman–Crippen LogP) is 4.34. The van der Waals surface area contributed by atoms with Crippen LogP contribution < -0.4 is 5.32 Å². The lowest BCUT2D eigenvalue weighted by Crippen LogP contribution is -1.94. The van der Waals surface area contributed by atoms with Gasteiger partial charge >= 0.3 is 0 Å². The van der Waals surface area contributed by atoms with Crippen LogP contribution in [0.25, 0.3) is 20.4 Å². The van der Waals surface area contributed by atoms with E-state index in [2.05, 4.69) is 20.3 Å². The zero-order valence-electron chi connectivity index (χ0n) is 11.1. The van der Waals surface area contributed by atoms with Gasteiger partial charge in [0.2, 0.25) is 0 Å². The van der Waals surface area contributed by atoms with Gasteiger partial charge in [0.1, 0.15) is 16.9 Å². The molecular formula is C15H9ClN4OS. The van der Waals surface area contributed by atoms with Crippen LogP contribution in [0.15, 0.2) is 42.9 Å². The molecular weight excluding hydrogens is 320 g/mol. The molecule has 7 heteroatoms. The minimum absolute atomic E-state index is 0.107. The number of hydrogen-bond donors (Lipinski definition) is 2. The van der Waals surface area contributed by atoms with Crippen LogP contribution >= 0.6 is 22.9 Å². The second-order valence-corrected chi connectivity index (χ2v) is 6.08. The van der Waals surface area contributed by atoms with Crippen molar-refractivity contribution in [1.29, 1.82) is 0 Å². The Bertz CT molecular complexity index is 1000. The minimum atomic E-state index is 0.107. The topological polar surface area (TPSA) is 70.9 Å². The van der Waals surface area contributed by atoms with Gasteiger partial charge in [-0.3, -0.25) is 0 Å². The third-order valence-electron chi connectivity index (χ3n) is 3.24. The number of rotatable bonds is 2. The van der Waals surface area contributed by atoms with Crippen molar-refractivity contribution in [2.24, 2.45) is 0 Å². The number of fused-ring (bicyclic) bond motifs is 3. The van der Waals surface area contributed by atoms with E-state index in [1.165, 1.54) is 23.7 Å². The minimum Gasteiger partial charge on any atom is -0.506 e.